The molecule has 3 rings (SSSR count). The molecule has 0 amide bonds. The summed E-state index contributed by atoms with van der Waals surface area (Å²) >= 11 is 0. The molecule has 0 saturated carbocycles. The van der Waals surface area contributed by atoms with Gasteiger partial charge < -0.3 is 4.90 Å². The molecule has 0 bridgehead atoms. The molecule has 1 unspecified atom stereocenters. The highest BCUT2D eigenvalue weighted by Crippen LogP contribution is 2.19. The van der Waals surface area contributed by atoms with Gasteiger partial charge in [-0.2, -0.15) is 0 Å². The van der Waals surface area contributed by atoms with E-state index in [1.807, 2.05) is 6.07 Å². The molecule has 5 heteroatoms. The first-order valence-electron chi connectivity index (χ1n) is 6.55. The Morgan fingerprint density at radius 1 is 1.50 bits per heavy atom. The lowest BCUT2D eigenvalue weighted by molar-refractivity contribution is 0.341. The molecule has 2 aromatic rings. The van der Waals surface area contributed by atoms with Crippen LogP contribution in [0.4, 0.5) is 0 Å². The van der Waals surface area contributed by atoms with Crippen molar-refractivity contribution in [2.45, 2.75) is 19.8 Å². The first kappa shape index (κ1) is 11.5. The first-order valence-corrected chi connectivity index (χ1v) is 6.55. The van der Waals surface area contributed by atoms with Crippen LogP contribution < -0.4 is 5.56 Å². The normalized spacial score (nSPS) is 20.8. The van der Waals surface area contributed by atoms with Crippen LogP contribution in [0.2, 0.25) is 0 Å². The van der Waals surface area contributed by atoms with Gasteiger partial charge in [-0.15, -0.1) is 0 Å². The van der Waals surface area contributed by atoms with E-state index in [1.165, 1.54) is 17.5 Å². The summed E-state index contributed by atoms with van der Waals surface area (Å²) in [7, 11) is 0. The lowest BCUT2D eigenvalue weighted by Gasteiger charge is -2.11. The Morgan fingerprint density at radius 3 is 3.11 bits per heavy atom. The monoisotopic (exact) mass is 246 g/mol. The molecular weight excluding hydrogens is 228 g/mol. The Labute approximate surface area is 105 Å². The predicted octanol–water partition coefficient (Wildman–Crippen LogP) is 0.907. The minimum absolute atomic E-state index is 0.0483. The largest absolute Gasteiger partial charge is 0.303 e. The van der Waals surface area contributed by atoms with Crippen molar-refractivity contribution in [3.63, 3.8) is 0 Å². The van der Waals surface area contributed by atoms with E-state index in [1.54, 1.807) is 12.1 Å². The SMILES string of the molecule is CCN1CCC(Cc2nc3cccc(=O)n3[nH]2)C1. The number of aromatic amines is 1. The van der Waals surface area contributed by atoms with E-state index < -0.39 is 0 Å². The van der Waals surface area contributed by atoms with E-state index in [4.69, 9.17) is 0 Å². The van der Waals surface area contributed by atoms with Gasteiger partial charge in [0, 0.05) is 19.0 Å². The first-order chi connectivity index (χ1) is 8.76. The molecule has 2 aromatic heterocycles. The fraction of sp³-hybridized carbons (Fsp3) is 0.538. The molecular formula is C13H18N4O. The van der Waals surface area contributed by atoms with Crippen molar-refractivity contribution in [3.05, 3.63) is 34.4 Å². The van der Waals surface area contributed by atoms with Crippen molar-refractivity contribution in [2.75, 3.05) is 19.6 Å². The van der Waals surface area contributed by atoms with E-state index in [9.17, 15) is 4.79 Å². The topological polar surface area (TPSA) is 53.4 Å². The Bertz CT molecular complexity index is 600. The number of pyridine rings is 1. The van der Waals surface area contributed by atoms with Gasteiger partial charge in [0.25, 0.3) is 5.56 Å². The predicted molar refractivity (Wildman–Crippen MR) is 69.7 cm³/mol. The Kier molecular flexibility index (Phi) is 2.91. The van der Waals surface area contributed by atoms with E-state index in [0.29, 0.717) is 11.6 Å². The van der Waals surface area contributed by atoms with Crippen molar-refractivity contribution in [2.24, 2.45) is 5.92 Å². The highest BCUT2D eigenvalue weighted by atomic mass is 16.1. The Morgan fingerprint density at radius 2 is 2.39 bits per heavy atom. The molecule has 18 heavy (non-hydrogen) atoms. The van der Waals surface area contributed by atoms with Crippen LogP contribution >= 0.6 is 0 Å². The fourth-order valence-electron chi connectivity index (χ4n) is 2.70. The van der Waals surface area contributed by atoms with E-state index in [-0.39, 0.29) is 5.56 Å². The smallest absolute Gasteiger partial charge is 0.271 e. The van der Waals surface area contributed by atoms with Gasteiger partial charge in [-0.1, -0.05) is 13.0 Å². The summed E-state index contributed by atoms with van der Waals surface area (Å²) in [4.78, 5) is 18.5. The van der Waals surface area contributed by atoms with Crippen LogP contribution in [0.1, 0.15) is 19.2 Å². The second kappa shape index (κ2) is 4.57. The molecule has 1 aliphatic rings. The average Bonchev–Trinajstić information content (AvgIpc) is 2.96. The second-order valence-electron chi connectivity index (χ2n) is 4.98. The van der Waals surface area contributed by atoms with Crippen molar-refractivity contribution in [1.82, 2.24) is 19.5 Å². The molecule has 96 valence electrons. The van der Waals surface area contributed by atoms with E-state index in [2.05, 4.69) is 21.9 Å². The Hall–Kier alpha value is -1.62. The minimum Gasteiger partial charge on any atom is -0.303 e. The zero-order valence-corrected chi connectivity index (χ0v) is 10.6. The lowest BCUT2D eigenvalue weighted by Crippen LogP contribution is -2.20. The fourth-order valence-corrected chi connectivity index (χ4v) is 2.70. The van der Waals surface area contributed by atoms with Crippen LogP contribution in [0.25, 0.3) is 5.65 Å². The highest BCUT2D eigenvalue weighted by Gasteiger charge is 2.22. The van der Waals surface area contributed by atoms with E-state index in [0.717, 1.165) is 25.3 Å². The summed E-state index contributed by atoms with van der Waals surface area (Å²) < 4.78 is 1.52. The summed E-state index contributed by atoms with van der Waals surface area (Å²) in [5.74, 6) is 1.57. The molecule has 0 radical (unpaired) electrons. The van der Waals surface area contributed by atoms with Gasteiger partial charge in [0.05, 0.1) is 0 Å². The van der Waals surface area contributed by atoms with Crippen molar-refractivity contribution < 1.29 is 0 Å². The second-order valence-corrected chi connectivity index (χ2v) is 4.98. The third-order valence-electron chi connectivity index (χ3n) is 3.72. The number of nitrogens with zero attached hydrogens (tertiary/aromatic N) is 3. The van der Waals surface area contributed by atoms with Crippen LogP contribution in [0.5, 0.6) is 0 Å². The van der Waals surface area contributed by atoms with Crippen LogP contribution in [0.15, 0.2) is 23.0 Å². The number of aromatic nitrogens is 3. The number of nitrogens with one attached hydrogen (secondary N) is 1. The zero-order chi connectivity index (χ0) is 12.5. The highest BCUT2D eigenvalue weighted by molar-refractivity contribution is 5.36. The molecule has 1 N–H and O–H groups in total. The molecule has 3 heterocycles. The van der Waals surface area contributed by atoms with Gasteiger partial charge in [-0.3, -0.25) is 9.89 Å². The van der Waals surface area contributed by atoms with Crippen LogP contribution in [-0.2, 0) is 6.42 Å². The molecule has 5 nitrogen and oxygen atoms in total. The third kappa shape index (κ3) is 2.06. The summed E-state index contributed by atoms with van der Waals surface area (Å²) in [5, 5.41) is 3.10. The molecule has 0 aromatic carbocycles. The number of likely N-dealkylation sites (tertiary alicyclic amines) is 1. The number of hydrogen-bond donors (Lipinski definition) is 1. The molecule has 1 fully saturated rings. The maximum absolute atomic E-state index is 11.6. The maximum Gasteiger partial charge on any atom is 0.271 e. The minimum atomic E-state index is -0.0483. The van der Waals surface area contributed by atoms with Crippen molar-refractivity contribution in [1.29, 1.82) is 0 Å². The lowest BCUT2D eigenvalue weighted by atomic mass is 10.1. The molecule has 1 saturated heterocycles. The maximum atomic E-state index is 11.6. The summed E-state index contributed by atoms with van der Waals surface area (Å²) in [6.45, 7) is 5.64. The van der Waals surface area contributed by atoms with E-state index >= 15 is 0 Å². The van der Waals surface area contributed by atoms with Crippen LogP contribution in [0, 0.1) is 5.92 Å². The average molecular weight is 246 g/mol. The molecule has 1 aliphatic heterocycles. The summed E-state index contributed by atoms with van der Waals surface area (Å²) in [6, 6.07) is 5.15. The number of fused-ring (bicyclic) bond motifs is 1. The van der Waals surface area contributed by atoms with Gasteiger partial charge >= 0.3 is 0 Å². The number of H-pyrrole nitrogens is 1. The molecule has 1 atom stereocenters. The third-order valence-corrected chi connectivity index (χ3v) is 3.72. The van der Waals surface area contributed by atoms with Gasteiger partial charge in [-0.25, -0.2) is 9.50 Å². The summed E-state index contributed by atoms with van der Waals surface area (Å²) in [5.41, 5.74) is 0.663. The number of rotatable bonds is 3. The standard InChI is InChI=1S/C13H18N4O/c1-2-16-7-6-10(9-16)8-11-14-12-4-3-5-13(18)17(12)15-11/h3-5,10H,2,6-9H2,1H3,(H,14,15). The summed E-state index contributed by atoms with van der Waals surface area (Å²) in [6.07, 6.45) is 2.15. The Balaban J connectivity index is 1.79. The van der Waals surface area contributed by atoms with Gasteiger partial charge in [0.1, 0.15) is 5.82 Å². The quantitative estimate of drug-likeness (QED) is 0.875. The molecule has 0 aliphatic carbocycles. The number of hydrogen-bond acceptors (Lipinski definition) is 3. The van der Waals surface area contributed by atoms with Crippen LogP contribution in [0.3, 0.4) is 0 Å². The van der Waals surface area contributed by atoms with Gasteiger partial charge in [0.15, 0.2) is 5.65 Å². The van der Waals surface area contributed by atoms with Crippen molar-refractivity contribution in [3.8, 4) is 0 Å². The van der Waals surface area contributed by atoms with Gasteiger partial charge in [0.2, 0.25) is 0 Å². The molecule has 0 spiro atoms. The van der Waals surface area contributed by atoms with Crippen LogP contribution in [-0.4, -0.2) is 39.1 Å². The van der Waals surface area contributed by atoms with Crippen molar-refractivity contribution >= 4 is 5.65 Å². The van der Waals surface area contributed by atoms with Gasteiger partial charge in [-0.05, 0) is 31.5 Å². The zero-order valence-electron chi connectivity index (χ0n) is 10.6.